The molecule has 21 heavy (non-hydrogen) atoms. The highest BCUT2D eigenvalue weighted by Crippen LogP contribution is 2.31. The van der Waals surface area contributed by atoms with Gasteiger partial charge < -0.3 is 0 Å². The monoisotopic (exact) mass is 366 g/mol. The summed E-state index contributed by atoms with van der Waals surface area (Å²) in [5.41, 5.74) is 3.48. The Hall–Kier alpha value is -1.39. The Morgan fingerprint density at radius 1 is 1.29 bits per heavy atom. The molecule has 3 aromatic rings. The third kappa shape index (κ3) is 2.58. The summed E-state index contributed by atoms with van der Waals surface area (Å²) in [5, 5.41) is -0.278. The molecule has 0 fully saturated rings. The lowest BCUT2D eigenvalue weighted by atomic mass is 10.2. The van der Waals surface area contributed by atoms with Crippen LogP contribution in [0.4, 0.5) is 4.39 Å². The summed E-state index contributed by atoms with van der Waals surface area (Å²) in [7, 11) is 0. The third-order valence-electron chi connectivity index (χ3n) is 3.34. The van der Waals surface area contributed by atoms with E-state index in [1.807, 2.05) is 42.7 Å². The Morgan fingerprint density at radius 2 is 2.05 bits per heavy atom. The second kappa shape index (κ2) is 5.43. The lowest BCUT2D eigenvalue weighted by Gasteiger charge is -2.11. The molecule has 2 nitrogen and oxygen atoms in total. The maximum Gasteiger partial charge on any atom is 0.139 e. The van der Waals surface area contributed by atoms with E-state index < -0.39 is 0 Å². The van der Waals surface area contributed by atoms with Gasteiger partial charge in [0.05, 0.1) is 20.9 Å². The van der Waals surface area contributed by atoms with Crippen molar-refractivity contribution >= 4 is 38.6 Å². The van der Waals surface area contributed by atoms with Gasteiger partial charge in [-0.2, -0.15) is 0 Å². The Kier molecular flexibility index (Phi) is 3.76. The van der Waals surface area contributed by atoms with E-state index in [1.165, 1.54) is 6.07 Å². The van der Waals surface area contributed by atoms with Crippen molar-refractivity contribution in [3.8, 4) is 5.69 Å². The van der Waals surface area contributed by atoms with Gasteiger partial charge in [0.2, 0.25) is 0 Å². The van der Waals surface area contributed by atoms with Crippen LogP contribution in [0.25, 0.3) is 16.7 Å². The number of fused-ring (bicyclic) bond motifs is 1. The zero-order valence-electron chi connectivity index (χ0n) is 11.6. The van der Waals surface area contributed by atoms with E-state index >= 15 is 0 Å². The number of hydrogen-bond acceptors (Lipinski definition) is 1. The van der Waals surface area contributed by atoms with Crippen LogP contribution >= 0.6 is 27.5 Å². The molecule has 1 aromatic heterocycles. The van der Waals surface area contributed by atoms with E-state index in [0.717, 1.165) is 11.3 Å². The molecule has 2 aromatic carbocycles. The molecule has 0 saturated carbocycles. The molecule has 0 spiro atoms. The lowest BCUT2D eigenvalue weighted by molar-refractivity contribution is 0.622. The SMILES string of the molecule is Cc1cccc(-n2c(C(C)Cl)nc3cc(Br)c(F)cc32)c1. The van der Waals surface area contributed by atoms with Crippen molar-refractivity contribution in [3.63, 3.8) is 0 Å². The van der Waals surface area contributed by atoms with Crippen LogP contribution in [0.15, 0.2) is 40.9 Å². The first-order valence-corrected chi connectivity index (χ1v) is 7.79. The van der Waals surface area contributed by atoms with Gasteiger partial charge in [0, 0.05) is 11.8 Å². The van der Waals surface area contributed by atoms with Gasteiger partial charge in [0.15, 0.2) is 0 Å². The third-order valence-corrected chi connectivity index (χ3v) is 4.14. The molecule has 0 radical (unpaired) electrons. The summed E-state index contributed by atoms with van der Waals surface area (Å²) >= 11 is 9.46. The van der Waals surface area contributed by atoms with Crippen LogP contribution in [-0.4, -0.2) is 9.55 Å². The van der Waals surface area contributed by atoms with Crippen molar-refractivity contribution in [1.82, 2.24) is 9.55 Å². The fourth-order valence-corrected chi connectivity index (χ4v) is 2.87. The van der Waals surface area contributed by atoms with Crippen LogP contribution in [0.1, 0.15) is 23.7 Å². The van der Waals surface area contributed by atoms with Crippen LogP contribution in [-0.2, 0) is 0 Å². The maximum atomic E-state index is 13.9. The number of aryl methyl sites for hydroxylation is 1. The molecule has 1 atom stereocenters. The van der Waals surface area contributed by atoms with Gasteiger partial charge >= 0.3 is 0 Å². The number of rotatable bonds is 2. The van der Waals surface area contributed by atoms with Gasteiger partial charge in [-0.1, -0.05) is 12.1 Å². The number of nitrogens with zero attached hydrogens (tertiary/aromatic N) is 2. The first-order valence-electron chi connectivity index (χ1n) is 6.56. The zero-order valence-corrected chi connectivity index (χ0v) is 13.9. The van der Waals surface area contributed by atoms with E-state index in [1.54, 1.807) is 6.07 Å². The Morgan fingerprint density at radius 3 is 2.71 bits per heavy atom. The largest absolute Gasteiger partial charge is 0.295 e. The highest BCUT2D eigenvalue weighted by molar-refractivity contribution is 9.10. The van der Waals surface area contributed by atoms with Crippen LogP contribution in [0.2, 0.25) is 0 Å². The summed E-state index contributed by atoms with van der Waals surface area (Å²) in [6, 6.07) is 11.1. The maximum absolute atomic E-state index is 13.9. The summed E-state index contributed by atoms with van der Waals surface area (Å²) < 4.78 is 16.2. The molecular weight excluding hydrogens is 355 g/mol. The summed E-state index contributed by atoms with van der Waals surface area (Å²) in [6.45, 7) is 3.88. The van der Waals surface area contributed by atoms with Crippen LogP contribution in [0.5, 0.6) is 0 Å². The molecule has 1 heterocycles. The van der Waals surface area contributed by atoms with Crippen molar-refractivity contribution in [3.05, 3.63) is 58.1 Å². The second-order valence-corrected chi connectivity index (χ2v) is 6.52. The second-order valence-electron chi connectivity index (χ2n) is 5.02. The molecule has 0 aliphatic heterocycles. The standard InChI is InChI=1S/C16H13BrClFN2/c1-9-4-3-5-11(6-9)21-15-8-13(19)12(17)7-14(15)20-16(21)10(2)18/h3-8,10H,1-2H3. The zero-order chi connectivity index (χ0) is 15.1. The summed E-state index contributed by atoms with van der Waals surface area (Å²) in [5.74, 6) is 0.389. The molecule has 108 valence electrons. The molecule has 0 bridgehead atoms. The Labute approximate surface area is 135 Å². The van der Waals surface area contributed by atoms with Crippen molar-refractivity contribution in [2.75, 3.05) is 0 Å². The number of alkyl halides is 1. The molecule has 1 unspecified atom stereocenters. The summed E-state index contributed by atoms with van der Waals surface area (Å²) in [4.78, 5) is 4.55. The minimum absolute atomic E-state index is 0.278. The fourth-order valence-electron chi connectivity index (χ4n) is 2.40. The highest BCUT2D eigenvalue weighted by atomic mass is 79.9. The predicted molar refractivity (Wildman–Crippen MR) is 87.7 cm³/mol. The number of aromatic nitrogens is 2. The molecule has 0 aliphatic rings. The molecule has 0 aliphatic carbocycles. The number of hydrogen-bond donors (Lipinski definition) is 0. The molecule has 0 saturated heterocycles. The van der Waals surface area contributed by atoms with Gasteiger partial charge in [0.1, 0.15) is 11.6 Å². The normalized spacial score (nSPS) is 12.8. The molecule has 0 N–H and O–H groups in total. The van der Waals surface area contributed by atoms with Crippen LogP contribution in [0.3, 0.4) is 0 Å². The first-order chi connectivity index (χ1) is 9.97. The number of halogens is 3. The quantitative estimate of drug-likeness (QED) is 0.544. The van der Waals surface area contributed by atoms with E-state index in [-0.39, 0.29) is 11.2 Å². The minimum Gasteiger partial charge on any atom is -0.295 e. The van der Waals surface area contributed by atoms with E-state index in [9.17, 15) is 4.39 Å². The molecular formula is C16H13BrClFN2. The predicted octanol–water partition coefficient (Wildman–Crippen LogP) is 5.54. The average molecular weight is 368 g/mol. The Bertz CT molecular complexity index is 827. The van der Waals surface area contributed by atoms with Gasteiger partial charge in [-0.15, -0.1) is 11.6 Å². The van der Waals surface area contributed by atoms with Crippen LogP contribution in [0, 0.1) is 12.7 Å². The number of benzene rings is 2. The molecule has 3 rings (SSSR count). The summed E-state index contributed by atoms with van der Waals surface area (Å²) in [6.07, 6.45) is 0. The number of imidazole rings is 1. The van der Waals surface area contributed by atoms with Gasteiger partial charge in [-0.3, -0.25) is 4.57 Å². The minimum atomic E-state index is -0.315. The fraction of sp³-hybridized carbons (Fsp3) is 0.188. The van der Waals surface area contributed by atoms with Crippen molar-refractivity contribution < 1.29 is 4.39 Å². The molecule has 0 amide bonds. The van der Waals surface area contributed by atoms with Crippen LogP contribution < -0.4 is 0 Å². The van der Waals surface area contributed by atoms with Gasteiger partial charge in [-0.25, -0.2) is 9.37 Å². The van der Waals surface area contributed by atoms with E-state index in [4.69, 9.17) is 11.6 Å². The van der Waals surface area contributed by atoms with E-state index in [0.29, 0.717) is 21.3 Å². The highest BCUT2D eigenvalue weighted by Gasteiger charge is 2.18. The first kappa shape index (κ1) is 14.5. The van der Waals surface area contributed by atoms with Gasteiger partial charge in [0.25, 0.3) is 0 Å². The van der Waals surface area contributed by atoms with Crippen molar-refractivity contribution in [2.24, 2.45) is 0 Å². The van der Waals surface area contributed by atoms with Crippen molar-refractivity contribution in [1.29, 1.82) is 0 Å². The van der Waals surface area contributed by atoms with Gasteiger partial charge in [-0.05, 0) is 53.5 Å². The van der Waals surface area contributed by atoms with Crippen molar-refractivity contribution in [2.45, 2.75) is 19.2 Å². The smallest absolute Gasteiger partial charge is 0.139 e. The lowest BCUT2D eigenvalue weighted by Crippen LogP contribution is -2.02. The molecule has 5 heteroatoms. The average Bonchev–Trinajstić information content (AvgIpc) is 2.78. The topological polar surface area (TPSA) is 17.8 Å². The Balaban J connectivity index is 2.38. The van der Waals surface area contributed by atoms with E-state index in [2.05, 4.69) is 20.9 Å².